The Kier molecular flexibility index (Phi) is 5.17. The molecule has 0 amide bonds. The van der Waals surface area contributed by atoms with Gasteiger partial charge in [-0.25, -0.2) is 14.1 Å². The minimum atomic E-state index is -0.339. The molecule has 3 heterocycles. The average Bonchev–Trinajstić information content (AvgIpc) is 3.15. The van der Waals surface area contributed by atoms with Crippen molar-refractivity contribution in [3.63, 3.8) is 0 Å². The lowest BCUT2D eigenvalue weighted by Gasteiger charge is -2.39. The van der Waals surface area contributed by atoms with E-state index < -0.39 is 0 Å². The Morgan fingerprint density at radius 3 is 2.65 bits per heavy atom. The molecule has 1 aliphatic carbocycles. The molecular formula is C22H24ClFN6O. The standard InChI is InChI=1S/C22H24ClFN6O/c1-13-7-16(24)9-18(8-13)31-22-27-21(28-29(22)2)26-20-14-3-4-15(20)12-30(11-14)17-5-6-25-19(23)10-17/h5-10,14-15,20H,3-4,11-12H2,1-2H3,(H,26,28)/t14-,15+,20?. The molecule has 162 valence electrons. The molecule has 0 radical (unpaired) electrons. The van der Waals surface area contributed by atoms with Crippen LogP contribution in [-0.2, 0) is 7.05 Å². The third-order valence-corrected chi connectivity index (χ3v) is 6.36. The van der Waals surface area contributed by atoms with Crippen LogP contribution in [0.2, 0.25) is 5.15 Å². The van der Waals surface area contributed by atoms with E-state index >= 15 is 0 Å². The van der Waals surface area contributed by atoms with Crippen molar-refractivity contribution in [3.05, 3.63) is 53.1 Å². The molecule has 7 nitrogen and oxygen atoms in total. The first-order chi connectivity index (χ1) is 14.9. The minimum absolute atomic E-state index is 0.306. The first-order valence-corrected chi connectivity index (χ1v) is 10.8. The molecule has 5 rings (SSSR count). The topological polar surface area (TPSA) is 68.1 Å². The smallest absolute Gasteiger partial charge is 0.321 e. The number of ether oxygens (including phenoxy) is 1. The summed E-state index contributed by atoms with van der Waals surface area (Å²) in [6.07, 6.45) is 4.08. The molecule has 31 heavy (non-hydrogen) atoms. The van der Waals surface area contributed by atoms with E-state index in [-0.39, 0.29) is 5.82 Å². The Balaban J connectivity index is 1.28. The normalized spacial score (nSPS) is 22.6. The lowest BCUT2D eigenvalue weighted by molar-refractivity contribution is 0.376. The van der Waals surface area contributed by atoms with Gasteiger partial charge >= 0.3 is 6.01 Å². The maximum absolute atomic E-state index is 13.7. The summed E-state index contributed by atoms with van der Waals surface area (Å²) in [5.41, 5.74) is 1.90. The summed E-state index contributed by atoms with van der Waals surface area (Å²) in [5, 5.41) is 8.52. The highest BCUT2D eigenvalue weighted by atomic mass is 35.5. The number of pyridine rings is 1. The van der Waals surface area contributed by atoms with Crippen molar-refractivity contribution >= 4 is 23.2 Å². The molecule has 0 spiro atoms. The number of aryl methyl sites for hydroxylation is 2. The molecule has 9 heteroatoms. The van der Waals surface area contributed by atoms with E-state index in [2.05, 4.69) is 25.3 Å². The number of nitrogens with zero attached hydrogens (tertiary/aromatic N) is 5. The van der Waals surface area contributed by atoms with Crippen molar-refractivity contribution in [2.45, 2.75) is 25.8 Å². The average molecular weight is 443 g/mol. The van der Waals surface area contributed by atoms with Crippen LogP contribution in [0.5, 0.6) is 11.8 Å². The molecule has 1 aromatic carbocycles. The summed E-state index contributed by atoms with van der Waals surface area (Å²) in [5.74, 6) is 1.58. The van der Waals surface area contributed by atoms with Gasteiger partial charge in [0.05, 0.1) is 0 Å². The second-order valence-electron chi connectivity index (χ2n) is 8.42. The molecule has 1 aliphatic heterocycles. The van der Waals surface area contributed by atoms with Crippen LogP contribution < -0.4 is 15.0 Å². The zero-order valence-electron chi connectivity index (χ0n) is 17.4. The summed E-state index contributed by atoms with van der Waals surface area (Å²) in [6.45, 7) is 3.72. The second kappa shape index (κ2) is 8.00. The van der Waals surface area contributed by atoms with Gasteiger partial charge in [0.25, 0.3) is 0 Å². The van der Waals surface area contributed by atoms with Crippen molar-refractivity contribution in [3.8, 4) is 11.8 Å². The number of benzene rings is 1. The highest BCUT2D eigenvalue weighted by Crippen LogP contribution is 2.40. The summed E-state index contributed by atoms with van der Waals surface area (Å²) < 4.78 is 21.0. The van der Waals surface area contributed by atoms with Gasteiger partial charge in [0.2, 0.25) is 5.95 Å². The Morgan fingerprint density at radius 1 is 1.16 bits per heavy atom. The van der Waals surface area contributed by atoms with E-state index in [4.69, 9.17) is 16.3 Å². The summed E-state index contributed by atoms with van der Waals surface area (Å²) in [4.78, 5) is 11.0. The SMILES string of the molecule is Cc1cc(F)cc(Oc2nc(NC3[C@@H]4CC[C@H]3CN(c3ccnc(Cl)c3)C4)nn2C)c1. The van der Waals surface area contributed by atoms with E-state index in [1.807, 2.05) is 19.1 Å². The zero-order valence-corrected chi connectivity index (χ0v) is 18.2. The van der Waals surface area contributed by atoms with Crippen LogP contribution in [0.4, 0.5) is 16.0 Å². The van der Waals surface area contributed by atoms with Gasteiger partial charge in [-0.05, 0) is 61.4 Å². The number of hydrogen-bond acceptors (Lipinski definition) is 6. The maximum atomic E-state index is 13.7. The van der Waals surface area contributed by atoms with Crippen molar-refractivity contribution < 1.29 is 9.13 Å². The largest absolute Gasteiger partial charge is 0.424 e. The Morgan fingerprint density at radius 2 is 1.94 bits per heavy atom. The molecule has 1 unspecified atom stereocenters. The molecule has 2 bridgehead atoms. The van der Waals surface area contributed by atoms with Gasteiger partial charge in [0.1, 0.15) is 16.7 Å². The van der Waals surface area contributed by atoms with E-state index in [0.717, 1.165) is 37.2 Å². The summed E-state index contributed by atoms with van der Waals surface area (Å²) in [6, 6.07) is 9.13. The predicted octanol–water partition coefficient (Wildman–Crippen LogP) is 4.43. The number of rotatable bonds is 5. The zero-order chi connectivity index (χ0) is 21.5. The van der Waals surface area contributed by atoms with Crippen molar-refractivity contribution in [2.75, 3.05) is 23.3 Å². The lowest BCUT2D eigenvalue weighted by Crippen LogP contribution is -2.48. The van der Waals surface area contributed by atoms with E-state index in [1.165, 1.54) is 12.1 Å². The van der Waals surface area contributed by atoms with Gasteiger partial charge in [-0.1, -0.05) is 11.6 Å². The number of hydrogen-bond donors (Lipinski definition) is 1. The van der Waals surface area contributed by atoms with E-state index in [1.54, 1.807) is 24.0 Å². The number of halogens is 2. The van der Waals surface area contributed by atoms with Crippen molar-refractivity contribution in [2.24, 2.45) is 18.9 Å². The number of nitrogens with one attached hydrogen (secondary N) is 1. The first kappa shape index (κ1) is 20.1. The highest BCUT2D eigenvalue weighted by molar-refractivity contribution is 6.29. The van der Waals surface area contributed by atoms with Crippen molar-refractivity contribution in [1.29, 1.82) is 0 Å². The van der Waals surface area contributed by atoms with Gasteiger partial charge in [-0.2, -0.15) is 4.98 Å². The quantitative estimate of drug-likeness (QED) is 0.589. The molecular weight excluding hydrogens is 419 g/mol. The number of aromatic nitrogens is 4. The van der Waals surface area contributed by atoms with Gasteiger partial charge in [-0.3, -0.25) is 0 Å². The van der Waals surface area contributed by atoms with Crippen LogP contribution in [-0.4, -0.2) is 38.9 Å². The van der Waals surface area contributed by atoms with Crippen molar-refractivity contribution in [1.82, 2.24) is 19.7 Å². The van der Waals surface area contributed by atoms with Crippen LogP contribution in [0.15, 0.2) is 36.5 Å². The molecule has 3 atom stereocenters. The van der Waals surface area contributed by atoms with Crippen LogP contribution in [0.1, 0.15) is 18.4 Å². The van der Waals surface area contributed by atoms with Crippen LogP contribution >= 0.6 is 11.6 Å². The fourth-order valence-electron chi connectivity index (χ4n) is 4.79. The molecule has 2 aromatic heterocycles. The third kappa shape index (κ3) is 4.17. The molecule has 2 fully saturated rings. The number of piperidine rings is 1. The highest BCUT2D eigenvalue weighted by Gasteiger charge is 2.42. The van der Waals surface area contributed by atoms with Crippen LogP contribution in [0.25, 0.3) is 0 Å². The second-order valence-corrected chi connectivity index (χ2v) is 8.80. The summed E-state index contributed by atoms with van der Waals surface area (Å²) in [7, 11) is 1.77. The monoisotopic (exact) mass is 442 g/mol. The van der Waals surface area contributed by atoms with E-state index in [9.17, 15) is 4.39 Å². The lowest BCUT2D eigenvalue weighted by atomic mass is 9.92. The number of anilines is 2. The van der Waals surface area contributed by atoms with Crippen LogP contribution in [0.3, 0.4) is 0 Å². The van der Waals surface area contributed by atoms with Gasteiger partial charge in [0, 0.05) is 44.1 Å². The molecule has 1 N–H and O–H groups in total. The maximum Gasteiger partial charge on any atom is 0.321 e. The fraction of sp³-hybridized carbons (Fsp3) is 0.409. The van der Waals surface area contributed by atoms with Gasteiger partial charge in [-0.15, -0.1) is 5.10 Å². The number of fused-ring (bicyclic) bond motifs is 2. The van der Waals surface area contributed by atoms with Gasteiger partial charge in [0.15, 0.2) is 0 Å². The Labute approximate surface area is 185 Å². The summed E-state index contributed by atoms with van der Waals surface area (Å²) >= 11 is 6.08. The van der Waals surface area contributed by atoms with Crippen LogP contribution in [0, 0.1) is 24.6 Å². The molecule has 2 aliphatic rings. The molecule has 3 aromatic rings. The van der Waals surface area contributed by atoms with E-state index in [0.29, 0.717) is 40.7 Å². The molecule has 1 saturated heterocycles. The predicted molar refractivity (Wildman–Crippen MR) is 117 cm³/mol. The first-order valence-electron chi connectivity index (χ1n) is 10.4. The Hall–Kier alpha value is -2.87. The fourth-order valence-corrected chi connectivity index (χ4v) is 4.96. The third-order valence-electron chi connectivity index (χ3n) is 6.15. The minimum Gasteiger partial charge on any atom is -0.424 e. The van der Waals surface area contributed by atoms with Gasteiger partial charge < -0.3 is 15.0 Å². The Bertz CT molecular complexity index is 1070. The molecule has 1 saturated carbocycles.